The summed E-state index contributed by atoms with van der Waals surface area (Å²) in [5, 5.41) is 23.1. The monoisotopic (exact) mass is 908 g/mol. The molecule has 380 valence electrons. The van der Waals surface area contributed by atoms with Gasteiger partial charge in [-0.2, -0.15) is 0 Å². The van der Waals surface area contributed by atoms with Crippen molar-refractivity contribution in [2.75, 3.05) is 6.61 Å². The van der Waals surface area contributed by atoms with E-state index in [0.29, 0.717) is 6.42 Å². The second kappa shape index (κ2) is 56.4. The molecule has 0 radical (unpaired) electrons. The largest absolute Gasteiger partial charge is 0.394 e. The van der Waals surface area contributed by atoms with Crippen LogP contribution in [0.15, 0.2) is 60.8 Å². The molecule has 1 amide bonds. The number of aliphatic hydroxyl groups is 2. The Morgan fingerprint density at radius 2 is 0.646 bits per heavy atom. The maximum absolute atomic E-state index is 12.5. The maximum atomic E-state index is 12.5. The van der Waals surface area contributed by atoms with E-state index >= 15 is 0 Å². The average Bonchev–Trinajstić information content (AvgIpc) is 3.31. The molecule has 0 spiro atoms. The van der Waals surface area contributed by atoms with Crippen LogP contribution in [0.25, 0.3) is 0 Å². The van der Waals surface area contributed by atoms with E-state index in [2.05, 4.69) is 67.8 Å². The van der Waals surface area contributed by atoms with Crippen LogP contribution in [-0.4, -0.2) is 34.9 Å². The molecular formula is C61H113NO3. The van der Waals surface area contributed by atoms with Gasteiger partial charge in [-0.25, -0.2) is 0 Å². The fourth-order valence-electron chi connectivity index (χ4n) is 8.79. The summed E-state index contributed by atoms with van der Waals surface area (Å²) in [6.07, 6.45) is 79.7. The van der Waals surface area contributed by atoms with Crippen LogP contribution >= 0.6 is 0 Å². The van der Waals surface area contributed by atoms with Gasteiger partial charge in [-0.1, -0.05) is 286 Å². The van der Waals surface area contributed by atoms with Gasteiger partial charge in [-0.05, 0) is 70.6 Å². The van der Waals surface area contributed by atoms with Crippen molar-refractivity contribution in [2.24, 2.45) is 0 Å². The first kappa shape index (κ1) is 63.1. The van der Waals surface area contributed by atoms with E-state index in [9.17, 15) is 15.0 Å². The molecule has 4 heteroatoms. The van der Waals surface area contributed by atoms with Crippen LogP contribution in [0.1, 0.15) is 303 Å². The molecule has 0 aliphatic heterocycles. The molecule has 0 aliphatic carbocycles. The lowest BCUT2D eigenvalue weighted by Gasteiger charge is -2.19. The molecule has 0 fully saturated rings. The zero-order valence-electron chi connectivity index (χ0n) is 43.8. The first-order valence-electron chi connectivity index (χ1n) is 29.0. The van der Waals surface area contributed by atoms with Crippen molar-refractivity contribution in [2.45, 2.75) is 315 Å². The first-order valence-corrected chi connectivity index (χ1v) is 29.0. The van der Waals surface area contributed by atoms with E-state index < -0.39 is 12.1 Å². The summed E-state index contributed by atoms with van der Waals surface area (Å²) in [7, 11) is 0. The van der Waals surface area contributed by atoms with Gasteiger partial charge in [0.15, 0.2) is 0 Å². The number of hydrogen-bond acceptors (Lipinski definition) is 3. The molecule has 4 nitrogen and oxygen atoms in total. The van der Waals surface area contributed by atoms with E-state index in [0.717, 1.165) is 57.8 Å². The molecule has 0 rings (SSSR count). The van der Waals surface area contributed by atoms with Gasteiger partial charge in [-0.15, -0.1) is 0 Å². The van der Waals surface area contributed by atoms with Gasteiger partial charge in [-0.3, -0.25) is 4.79 Å². The van der Waals surface area contributed by atoms with Gasteiger partial charge in [0.25, 0.3) is 0 Å². The van der Waals surface area contributed by atoms with Crippen molar-refractivity contribution in [1.82, 2.24) is 5.32 Å². The van der Waals surface area contributed by atoms with E-state index in [-0.39, 0.29) is 12.5 Å². The molecule has 65 heavy (non-hydrogen) atoms. The van der Waals surface area contributed by atoms with Crippen molar-refractivity contribution in [3.63, 3.8) is 0 Å². The van der Waals surface area contributed by atoms with Crippen LogP contribution in [-0.2, 0) is 4.79 Å². The van der Waals surface area contributed by atoms with Gasteiger partial charge in [0.2, 0.25) is 5.91 Å². The lowest BCUT2D eigenvalue weighted by atomic mass is 10.0. The Labute approximate surface area is 406 Å². The lowest BCUT2D eigenvalue weighted by molar-refractivity contribution is -0.123. The Morgan fingerprint density at radius 1 is 0.369 bits per heavy atom. The van der Waals surface area contributed by atoms with Crippen molar-refractivity contribution in [1.29, 1.82) is 0 Å². The molecule has 0 aromatic heterocycles. The number of carbonyl (C=O) groups excluding carboxylic acids is 1. The van der Waals surface area contributed by atoms with Gasteiger partial charge in [0, 0.05) is 6.42 Å². The molecule has 0 heterocycles. The summed E-state index contributed by atoms with van der Waals surface area (Å²) in [5.74, 6) is -0.0847. The van der Waals surface area contributed by atoms with Gasteiger partial charge < -0.3 is 15.5 Å². The summed E-state index contributed by atoms with van der Waals surface area (Å²) in [6, 6.07) is -0.650. The number of hydrogen-bond donors (Lipinski definition) is 3. The Kier molecular flexibility index (Phi) is 54.8. The standard InChI is InChI=1S/C61H113NO3/c1-3-5-7-9-11-13-15-17-19-21-23-25-26-27-28-29-30-31-32-33-34-35-37-38-40-42-44-46-48-50-52-54-56-60(64)59(58-63)62-61(65)57-55-53-51-49-47-45-43-41-39-36-24-22-20-18-16-14-12-10-8-6-4-2/h16,18,22,24,39,41,46,48,54,56,59-60,63-64H,3-15,17,19-21,23,25-38,40,42-45,47,49-53,55,57-58H2,1-2H3,(H,62,65)/b18-16-,24-22-,41-39-,48-46+,56-54+. The average molecular weight is 909 g/mol. The third-order valence-corrected chi connectivity index (χ3v) is 13.2. The topological polar surface area (TPSA) is 69.6 Å². The summed E-state index contributed by atoms with van der Waals surface area (Å²) < 4.78 is 0. The highest BCUT2D eigenvalue weighted by Gasteiger charge is 2.18. The zero-order valence-corrected chi connectivity index (χ0v) is 43.8. The number of allylic oxidation sites excluding steroid dienone is 9. The highest BCUT2D eigenvalue weighted by molar-refractivity contribution is 5.76. The summed E-state index contributed by atoms with van der Waals surface area (Å²) in [4.78, 5) is 12.5. The molecule has 2 atom stereocenters. The summed E-state index contributed by atoms with van der Waals surface area (Å²) in [5.41, 5.74) is 0. The highest BCUT2D eigenvalue weighted by atomic mass is 16.3. The van der Waals surface area contributed by atoms with Gasteiger partial charge >= 0.3 is 0 Å². The molecule has 0 bridgehead atoms. The first-order chi connectivity index (χ1) is 32.2. The van der Waals surface area contributed by atoms with Crippen molar-refractivity contribution in [3.8, 4) is 0 Å². The Bertz CT molecular complexity index is 1070. The predicted molar refractivity (Wildman–Crippen MR) is 290 cm³/mol. The minimum atomic E-state index is -0.872. The SMILES string of the molecule is CCCCCCC/C=C\C/C=C\C/C=C\CCCCCCCCC(=O)NC(CO)C(O)/C=C/CC/C=C/CCCCCCCCCCCCCCCCCCCCCCCCCCCC. The molecular weight excluding hydrogens is 795 g/mol. The molecule has 0 aromatic rings. The van der Waals surface area contributed by atoms with E-state index in [1.54, 1.807) is 6.08 Å². The van der Waals surface area contributed by atoms with Crippen LogP contribution in [0.2, 0.25) is 0 Å². The summed E-state index contributed by atoms with van der Waals surface area (Å²) in [6.45, 7) is 4.30. The van der Waals surface area contributed by atoms with Gasteiger partial charge in [0.1, 0.15) is 0 Å². The Balaban J connectivity index is 3.53. The number of carbonyl (C=O) groups is 1. The Morgan fingerprint density at radius 3 is 1.00 bits per heavy atom. The van der Waals surface area contributed by atoms with E-state index in [4.69, 9.17) is 0 Å². The second-order valence-electron chi connectivity index (χ2n) is 19.7. The van der Waals surface area contributed by atoms with Crippen LogP contribution < -0.4 is 5.32 Å². The molecule has 2 unspecified atom stereocenters. The normalized spacial score (nSPS) is 13.2. The quantitative estimate of drug-likeness (QED) is 0.0421. The van der Waals surface area contributed by atoms with Crippen LogP contribution in [0.4, 0.5) is 0 Å². The third kappa shape index (κ3) is 52.9. The van der Waals surface area contributed by atoms with E-state index in [1.165, 1.54) is 225 Å². The number of unbranched alkanes of at least 4 members (excludes halogenated alkanes) is 38. The summed E-state index contributed by atoms with van der Waals surface area (Å²) >= 11 is 0. The fourth-order valence-corrected chi connectivity index (χ4v) is 8.79. The maximum Gasteiger partial charge on any atom is 0.220 e. The smallest absolute Gasteiger partial charge is 0.220 e. The lowest BCUT2D eigenvalue weighted by Crippen LogP contribution is -2.45. The fraction of sp³-hybridized carbons (Fsp3) is 0.820. The van der Waals surface area contributed by atoms with Gasteiger partial charge in [0.05, 0.1) is 18.8 Å². The molecule has 3 N–H and O–H groups in total. The number of nitrogens with one attached hydrogen (secondary N) is 1. The molecule has 0 saturated heterocycles. The molecule has 0 saturated carbocycles. The molecule has 0 aliphatic rings. The third-order valence-electron chi connectivity index (χ3n) is 13.2. The minimum absolute atomic E-state index is 0.0847. The number of amides is 1. The van der Waals surface area contributed by atoms with Crippen LogP contribution in [0.5, 0.6) is 0 Å². The van der Waals surface area contributed by atoms with Crippen molar-refractivity contribution >= 4 is 5.91 Å². The van der Waals surface area contributed by atoms with Crippen LogP contribution in [0.3, 0.4) is 0 Å². The second-order valence-corrected chi connectivity index (χ2v) is 19.7. The Hall–Kier alpha value is -1.91. The predicted octanol–water partition coefficient (Wildman–Crippen LogP) is 19.2. The minimum Gasteiger partial charge on any atom is -0.394 e. The zero-order chi connectivity index (χ0) is 47.0. The van der Waals surface area contributed by atoms with Crippen molar-refractivity contribution in [3.05, 3.63) is 60.8 Å². The highest BCUT2D eigenvalue weighted by Crippen LogP contribution is 2.17. The van der Waals surface area contributed by atoms with Crippen LogP contribution in [0, 0.1) is 0 Å². The number of aliphatic hydroxyl groups excluding tert-OH is 2. The van der Waals surface area contributed by atoms with Crippen molar-refractivity contribution < 1.29 is 15.0 Å². The van der Waals surface area contributed by atoms with E-state index in [1.807, 2.05) is 6.08 Å². The number of rotatable bonds is 53. The molecule has 0 aromatic carbocycles.